The van der Waals surface area contributed by atoms with Crippen molar-refractivity contribution < 1.29 is 0 Å². The van der Waals surface area contributed by atoms with E-state index in [9.17, 15) is 0 Å². The second-order valence-electron chi connectivity index (χ2n) is 4.50. The summed E-state index contributed by atoms with van der Waals surface area (Å²) in [7, 11) is 1.97. The minimum atomic E-state index is 0.222. The first kappa shape index (κ1) is 15.0. The maximum Gasteiger partial charge on any atom is 0.0949 e. The fourth-order valence-corrected chi connectivity index (χ4v) is 3.83. The Morgan fingerprint density at radius 1 is 1.37 bits per heavy atom. The predicted molar refractivity (Wildman–Crippen MR) is 86.2 cm³/mol. The molecule has 2 rings (SSSR count). The van der Waals surface area contributed by atoms with Gasteiger partial charge in [-0.15, -0.1) is 11.3 Å². The van der Waals surface area contributed by atoms with Gasteiger partial charge in [-0.05, 0) is 44.7 Å². The average molecular weight is 360 g/mol. The van der Waals surface area contributed by atoms with Crippen molar-refractivity contribution >= 4 is 38.9 Å². The number of nitrogens with zero attached hydrogens (tertiary/aromatic N) is 1. The molecule has 2 aromatic rings. The van der Waals surface area contributed by atoms with Crippen molar-refractivity contribution in [3.8, 4) is 0 Å². The number of nitrogens with one attached hydrogen (secondary N) is 1. The minimum Gasteiger partial charge on any atom is -0.313 e. The molecule has 1 aromatic heterocycles. The lowest BCUT2D eigenvalue weighted by Gasteiger charge is -2.16. The van der Waals surface area contributed by atoms with E-state index >= 15 is 0 Å². The monoisotopic (exact) mass is 358 g/mol. The third-order valence-corrected chi connectivity index (χ3v) is 4.86. The molecule has 1 unspecified atom stereocenters. The SMILES string of the molecule is CNC(Cc1nc(C)c(C)s1)c1cc(Cl)cc(Br)c1. The molecule has 0 amide bonds. The number of halogens is 2. The molecule has 0 bridgehead atoms. The van der Waals surface area contributed by atoms with E-state index in [1.807, 2.05) is 19.2 Å². The summed E-state index contributed by atoms with van der Waals surface area (Å²) in [5.74, 6) is 0. The maximum atomic E-state index is 6.11. The Morgan fingerprint density at radius 3 is 2.63 bits per heavy atom. The Labute approximate surface area is 131 Å². The third-order valence-electron chi connectivity index (χ3n) is 3.09. The van der Waals surface area contributed by atoms with Crippen LogP contribution in [0.1, 0.15) is 27.2 Å². The van der Waals surface area contributed by atoms with Crippen molar-refractivity contribution in [2.75, 3.05) is 7.05 Å². The smallest absolute Gasteiger partial charge is 0.0949 e. The van der Waals surface area contributed by atoms with Crippen molar-refractivity contribution in [2.45, 2.75) is 26.3 Å². The number of hydrogen-bond donors (Lipinski definition) is 1. The van der Waals surface area contributed by atoms with Gasteiger partial charge in [-0.3, -0.25) is 0 Å². The summed E-state index contributed by atoms with van der Waals surface area (Å²) < 4.78 is 1.00. The van der Waals surface area contributed by atoms with Crippen molar-refractivity contribution in [1.29, 1.82) is 0 Å². The van der Waals surface area contributed by atoms with Crippen LogP contribution in [0.4, 0.5) is 0 Å². The first-order valence-corrected chi connectivity index (χ1v) is 8.04. The number of likely N-dealkylation sites (N-methyl/N-ethyl adjacent to an activating group) is 1. The zero-order valence-corrected chi connectivity index (χ0v) is 14.3. The lowest BCUT2D eigenvalue weighted by molar-refractivity contribution is 0.589. The molecule has 0 spiro atoms. The van der Waals surface area contributed by atoms with Crippen LogP contribution in [0.3, 0.4) is 0 Å². The molecule has 5 heteroatoms. The van der Waals surface area contributed by atoms with E-state index < -0.39 is 0 Å². The van der Waals surface area contributed by atoms with E-state index in [0.29, 0.717) is 0 Å². The van der Waals surface area contributed by atoms with Crippen LogP contribution >= 0.6 is 38.9 Å². The summed E-state index contributed by atoms with van der Waals surface area (Å²) in [6.45, 7) is 4.17. The van der Waals surface area contributed by atoms with Crippen molar-refractivity contribution in [3.05, 3.63) is 48.8 Å². The van der Waals surface area contributed by atoms with Crippen molar-refractivity contribution in [2.24, 2.45) is 0 Å². The standard InChI is InChI=1S/C14H16BrClN2S/c1-8-9(2)19-14(18-8)7-13(17-3)10-4-11(15)6-12(16)5-10/h4-6,13,17H,7H2,1-3H3. The molecule has 2 nitrogen and oxygen atoms in total. The topological polar surface area (TPSA) is 24.9 Å². The number of thiazole rings is 1. The molecule has 0 aliphatic heterocycles. The van der Waals surface area contributed by atoms with E-state index in [4.69, 9.17) is 11.6 Å². The van der Waals surface area contributed by atoms with E-state index in [-0.39, 0.29) is 6.04 Å². The Morgan fingerprint density at radius 2 is 2.11 bits per heavy atom. The van der Waals surface area contributed by atoms with Gasteiger partial charge in [0.2, 0.25) is 0 Å². The summed E-state index contributed by atoms with van der Waals surface area (Å²) in [5, 5.41) is 5.24. The van der Waals surface area contributed by atoms with Crippen LogP contribution < -0.4 is 5.32 Å². The van der Waals surface area contributed by atoms with Crippen molar-refractivity contribution in [3.63, 3.8) is 0 Å². The second kappa shape index (κ2) is 6.35. The molecular weight excluding hydrogens is 344 g/mol. The predicted octanol–water partition coefficient (Wildman–Crippen LogP) is 4.68. The zero-order chi connectivity index (χ0) is 14.0. The number of benzene rings is 1. The lowest BCUT2D eigenvalue weighted by atomic mass is 10.0. The number of aromatic nitrogens is 1. The molecule has 0 fully saturated rings. The Hall–Kier alpha value is -0.420. The molecule has 1 atom stereocenters. The molecule has 0 aliphatic carbocycles. The minimum absolute atomic E-state index is 0.222. The van der Waals surface area contributed by atoms with Crippen LogP contribution in [-0.2, 0) is 6.42 Å². The van der Waals surface area contributed by atoms with Gasteiger partial charge in [-0.25, -0.2) is 4.98 Å². The highest BCUT2D eigenvalue weighted by atomic mass is 79.9. The van der Waals surface area contributed by atoms with Crippen LogP contribution in [0.5, 0.6) is 0 Å². The number of hydrogen-bond acceptors (Lipinski definition) is 3. The zero-order valence-electron chi connectivity index (χ0n) is 11.1. The van der Waals surface area contributed by atoms with Crippen molar-refractivity contribution in [1.82, 2.24) is 10.3 Å². The van der Waals surface area contributed by atoms with E-state index in [2.05, 4.69) is 46.1 Å². The first-order valence-electron chi connectivity index (χ1n) is 6.05. The van der Waals surface area contributed by atoms with E-state index in [1.165, 1.54) is 10.4 Å². The highest BCUT2D eigenvalue weighted by Gasteiger charge is 2.14. The van der Waals surface area contributed by atoms with E-state index in [1.54, 1.807) is 11.3 Å². The van der Waals surface area contributed by atoms with Crippen LogP contribution in [-0.4, -0.2) is 12.0 Å². The van der Waals surface area contributed by atoms with Gasteiger partial charge in [-0.1, -0.05) is 27.5 Å². The molecule has 19 heavy (non-hydrogen) atoms. The average Bonchev–Trinajstić information content (AvgIpc) is 2.64. The molecule has 0 radical (unpaired) electrons. The summed E-state index contributed by atoms with van der Waals surface area (Å²) >= 11 is 11.4. The number of rotatable bonds is 4. The molecule has 0 aliphatic rings. The Kier molecular flexibility index (Phi) is 5.01. The second-order valence-corrected chi connectivity index (χ2v) is 7.14. The highest BCUT2D eigenvalue weighted by Crippen LogP contribution is 2.27. The fraction of sp³-hybridized carbons (Fsp3) is 0.357. The molecule has 1 aromatic carbocycles. The molecule has 0 saturated carbocycles. The first-order chi connectivity index (χ1) is 8.99. The van der Waals surface area contributed by atoms with Crippen LogP contribution in [0.25, 0.3) is 0 Å². The van der Waals surface area contributed by atoms with E-state index in [0.717, 1.165) is 26.6 Å². The molecule has 0 saturated heterocycles. The van der Waals surface area contributed by atoms with Gasteiger partial charge in [0.15, 0.2) is 0 Å². The number of aryl methyl sites for hydroxylation is 2. The summed E-state index contributed by atoms with van der Waals surface area (Å²) in [5.41, 5.74) is 2.30. The summed E-state index contributed by atoms with van der Waals surface area (Å²) in [6.07, 6.45) is 0.878. The summed E-state index contributed by atoms with van der Waals surface area (Å²) in [4.78, 5) is 5.89. The summed E-state index contributed by atoms with van der Waals surface area (Å²) in [6, 6.07) is 6.22. The normalized spacial score (nSPS) is 12.7. The fourth-order valence-electron chi connectivity index (χ4n) is 1.96. The maximum absolute atomic E-state index is 6.11. The molecule has 102 valence electrons. The lowest BCUT2D eigenvalue weighted by Crippen LogP contribution is -2.18. The van der Waals surface area contributed by atoms with Gasteiger partial charge < -0.3 is 5.32 Å². The third kappa shape index (κ3) is 3.78. The van der Waals surface area contributed by atoms with Crippen LogP contribution in [0.15, 0.2) is 22.7 Å². The Bertz CT molecular complexity index is 543. The van der Waals surface area contributed by atoms with Gasteiger partial charge in [0, 0.05) is 26.8 Å². The quantitative estimate of drug-likeness (QED) is 0.857. The van der Waals surface area contributed by atoms with Gasteiger partial charge in [0.25, 0.3) is 0 Å². The van der Waals surface area contributed by atoms with Gasteiger partial charge in [0.05, 0.1) is 10.7 Å². The highest BCUT2D eigenvalue weighted by molar-refractivity contribution is 9.10. The van der Waals surface area contributed by atoms with Gasteiger partial charge >= 0.3 is 0 Å². The van der Waals surface area contributed by atoms with Crippen LogP contribution in [0, 0.1) is 13.8 Å². The molecular formula is C14H16BrClN2S. The van der Waals surface area contributed by atoms with Gasteiger partial charge in [0.1, 0.15) is 0 Å². The van der Waals surface area contributed by atoms with Gasteiger partial charge in [-0.2, -0.15) is 0 Å². The van der Waals surface area contributed by atoms with Crippen LogP contribution in [0.2, 0.25) is 5.02 Å². The largest absolute Gasteiger partial charge is 0.313 e. The molecule has 1 N–H and O–H groups in total. The molecule has 1 heterocycles. The Balaban J connectivity index is 2.24.